The van der Waals surface area contributed by atoms with Crippen molar-refractivity contribution in [2.75, 3.05) is 5.32 Å². The summed E-state index contributed by atoms with van der Waals surface area (Å²) >= 11 is 6.51. The topological polar surface area (TPSA) is 128 Å². The Hall–Kier alpha value is -2.49. The molecule has 156 valence electrons. The van der Waals surface area contributed by atoms with Gasteiger partial charge in [-0.05, 0) is 18.6 Å². The first-order chi connectivity index (χ1) is 14.5. The second-order valence-corrected chi connectivity index (χ2v) is 7.78. The highest BCUT2D eigenvalue weighted by Crippen LogP contribution is 2.41. The zero-order valence-corrected chi connectivity index (χ0v) is 17.4. The average molecular weight is 451 g/mol. The van der Waals surface area contributed by atoms with Gasteiger partial charge < -0.3 is 10.1 Å². The second kappa shape index (κ2) is 8.71. The van der Waals surface area contributed by atoms with E-state index in [-0.39, 0.29) is 11.7 Å². The maximum atomic E-state index is 12.5. The van der Waals surface area contributed by atoms with Gasteiger partial charge in [-0.2, -0.15) is 0 Å². The third kappa shape index (κ3) is 3.92. The lowest BCUT2D eigenvalue weighted by atomic mass is 10.1. The molecule has 1 fully saturated rings. The maximum absolute atomic E-state index is 12.5. The minimum Gasteiger partial charge on any atom is -0.350 e. The Bertz CT molecular complexity index is 1080. The number of imidazole rings is 1. The highest BCUT2D eigenvalue weighted by atomic mass is 35.5. The number of nitrogens with one attached hydrogen (secondary N) is 1. The molecule has 3 heterocycles. The molecule has 0 spiro atoms. The molecule has 1 saturated heterocycles. The highest BCUT2D eigenvalue weighted by Gasteiger charge is 2.49. The summed E-state index contributed by atoms with van der Waals surface area (Å²) < 4.78 is 23.8. The quantitative estimate of drug-likeness (QED) is 0.433. The molecule has 30 heavy (non-hydrogen) atoms. The fourth-order valence-electron chi connectivity index (χ4n) is 3.38. The van der Waals surface area contributed by atoms with E-state index in [9.17, 15) is 9.36 Å². The fourth-order valence-corrected chi connectivity index (χ4v) is 4.32. The first kappa shape index (κ1) is 20.8. The number of alkyl halides is 1. The van der Waals surface area contributed by atoms with Gasteiger partial charge in [-0.15, -0.1) is 21.0 Å². The second-order valence-electron chi connectivity index (χ2n) is 6.59. The van der Waals surface area contributed by atoms with Crippen LogP contribution in [-0.2, 0) is 13.8 Å². The van der Waals surface area contributed by atoms with E-state index in [2.05, 4.69) is 20.3 Å². The number of benzene rings is 1. The number of carbonyl (C=O) groups is 1. The van der Waals surface area contributed by atoms with Crippen molar-refractivity contribution in [3.8, 4) is 0 Å². The molecule has 1 aromatic carbocycles. The molecule has 3 aromatic rings. The molecule has 12 heteroatoms. The van der Waals surface area contributed by atoms with Crippen molar-refractivity contribution in [2.45, 2.75) is 37.2 Å². The molecule has 5 atom stereocenters. The van der Waals surface area contributed by atoms with E-state index in [0.717, 1.165) is 0 Å². The van der Waals surface area contributed by atoms with Gasteiger partial charge >= 0.3 is 8.25 Å². The molecule has 0 bridgehead atoms. The summed E-state index contributed by atoms with van der Waals surface area (Å²) in [7, 11) is -2.83. The van der Waals surface area contributed by atoms with Crippen LogP contribution in [0.15, 0.2) is 43.0 Å². The van der Waals surface area contributed by atoms with E-state index in [1.165, 1.54) is 12.7 Å². The Morgan fingerprint density at radius 3 is 2.80 bits per heavy atom. The van der Waals surface area contributed by atoms with E-state index in [4.69, 9.17) is 25.8 Å². The number of halogens is 1. The summed E-state index contributed by atoms with van der Waals surface area (Å²) in [6.07, 6.45) is 1.34. The number of amides is 1. The normalized spacial score (nSPS) is 24.2. The van der Waals surface area contributed by atoms with Crippen molar-refractivity contribution in [1.82, 2.24) is 19.5 Å². The third-order valence-corrected chi connectivity index (χ3v) is 5.67. The van der Waals surface area contributed by atoms with E-state index >= 15 is 0 Å². The molecule has 0 saturated carbocycles. The van der Waals surface area contributed by atoms with E-state index in [1.54, 1.807) is 28.8 Å². The predicted octanol–water partition coefficient (Wildman–Crippen LogP) is 3.03. The van der Waals surface area contributed by atoms with Crippen LogP contribution in [0.25, 0.3) is 11.2 Å². The SMILES string of the molecule is CC[C@H]1O[C@@H](n2cnc3c(NC(=O)c4ccccc4)ncnc32)[C@H](Cl)[C@@H]1O[P+](=O)O. The van der Waals surface area contributed by atoms with Crippen LogP contribution in [0.1, 0.15) is 29.9 Å². The van der Waals surface area contributed by atoms with Gasteiger partial charge in [0, 0.05) is 10.1 Å². The van der Waals surface area contributed by atoms with Crippen molar-refractivity contribution < 1.29 is 23.5 Å². The Labute approximate surface area is 177 Å². The molecular formula is C18H18ClN5O5P+. The number of aromatic nitrogens is 4. The molecule has 1 unspecified atom stereocenters. The molecular weight excluding hydrogens is 433 g/mol. The van der Waals surface area contributed by atoms with Crippen LogP contribution in [-0.4, -0.2) is 47.9 Å². The molecule has 1 aliphatic rings. The Kier molecular flexibility index (Phi) is 6.03. The molecule has 0 aliphatic carbocycles. The zero-order valence-electron chi connectivity index (χ0n) is 15.8. The smallest absolute Gasteiger partial charge is 0.350 e. The molecule has 1 aliphatic heterocycles. The van der Waals surface area contributed by atoms with Crippen LogP contribution in [0.2, 0.25) is 0 Å². The van der Waals surface area contributed by atoms with Crippen LogP contribution in [0, 0.1) is 0 Å². The van der Waals surface area contributed by atoms with Crippen LogP contribution >= 0.6 is 19.9 Å². The third-order valence-electron chi connectivity index (χ3n) is 4.78. The largest absolute Gasteiger partial charge is 0.695 e. The van der Waals surface area contributed by atoms with Gasteiger partial charge in [-0.3, -0.25) is 9.36 Å². The zero-order chi connectivity index (χ0) is 21.3. The lowest BCUT2D eigenvalue weighted by Gasteiger charge is -2.16. The summed E-state index contributed by atoms with van der Waals surface area (Å²) in [6, 6.07) is 8.72. The number of hydrogen-bond donors (Lipinski definition) is 2. The molecule has 2 N–H and O–H groups in total. The summed E-state index contributed by atoms with van der Waals surface area (Å²) in [4.78, 5) is 34.3. The van der Waals surface area contributed by atoms with Gasteiger partial charge in [0.15, 0.2) is 29.3 Å². The van der Waals surface area contributed by atoms with E-state index in [0.29, 0.717) is 23.1 Å². The molecule has 10 nitrogen and oxygen atoms in total. The highest BCUT2D eigenvalue weighted by molar-refractivity contribution is 7.32. The summed E-state index contributed by atoms with van der Waals surface area (Å²) in [5.74, 6) is -0.0845. The van der Waals surface area contributed by atoms with Crippen molar-refractivity contribution in [3.63, 3.8) is 0 Å². The first-order valence-corrected chi connectivity index (χ1v) is 10.7. The van der Waals surface area contributed by atoms with E-state index < -0.39 is 32.1 Å². The minimum absolute atomic E-state index is 0.245. The van der Waals surface area contributed by atoms with Crippen molar-refractivity contribution in [1.29, 1.82) is 0 Å². The average Bonchev–Trinajstić information content (AvgIpc) is 3.30. The lowest BCUT2D eigenvalue weighted by Crippen LogP contribution is -2.28. The van der Waals surface area contributed by atoms with Crippen LogP contribution < -0.4 is 5.32 Å². The van der Waals surface area contributed by atoms with Crippen LogP contribution in [0.3, 0.4) is 0 Å². The maximum Gasteiger partial charge on any atom is 0.695 e. The van der Waals surface area contributed by atoms with Gasteiger partial charge in [-0.25, -0.2) is 15.0 Å². The number of anilines is 1. The van der Waals surface area contributed by atoms with Crippen molar-refractivity contribution in [2.24, 2.45) is 0 Å². The Balaban J connectivity index is 1.63. The van der Waals surface area contributed by atoms with Crippen LogP contribution in [0.4, 0.5) is 5.82 Å². The number of ether oxygens (including phenoxy) is 1. The van der Waals surface area contributed by atoms with Gasteiger partial charge in [0.2, 0.25) is 0 Å². The number of rotatable bonds is 6. The monoisotopic (exact) mass is 450 g/mol. The predicted molar refractivity (Wildman–Crippen MR) is 108 cm³/mol. The summed E-state index contributed by atoms with van der Waals surface area (Å²) in [5.41, 5.74) is 1.24. The van der Waals surface area contributed by atoms with E-state index in [1.807, 2.05) is 13.0 Å². The number of nitrogens with zero attached hydrogens (tertiary/aromatic N) is 4. The van der Waals surface area contributed by atoms with Gasteiger partial charge in [0.1, 0.15) is 11.7 Å². The lowest BCUT2D eigenvalue weighted by molar-refractivity contribution is -0.0143. The molecule has 4 rings (SSSR count). The van der Waals surface area contributed by atoms with Gasteiger partial charge in [0.25, 0.3) is 5.91 Å². The number of hydrogen-bond acceptors (Lipinski definition) is 7. The van der Waals surface area contributed by atoms with Gasteiger partial charge in [-0.1, -0.05) is 25.1 Å². The first-order valence-electron chi connectivity index (χ1n) is 9.16. The standard InChI is InChI=1S/C18H17ClN5O5P/c1-2-11-14(29-30(26)27)12(19)18(28-11)24-9-22-13-15(20-8-21-16(13)24)23-17(25)10-6-4-3-5-7-10/h3-9,11-12,14,18H,2H2,1H3,(H-,20,21,23,25,26,27)/p+1/t11-,12-,14-,18-/m1/s1. The summed E-state index contributed by atoms with van der Waals surface area (Å²) in [6.45, 7) is 1.86. The number of carbonyl (C=O) groups excluding carboxylic acids is 1. The van der Waals surface area contributed by atoms with Crippen LogP contribution in [0.5, 0.6) is 0 Å². The van der Waals surface area contributed by atoms with Crippen molar-refractivity contribution in [3.05, 3.63) is 48.5 Å². The summed E-state index contributed by atoms with van der Waals surface area (Å²) in [5, 5.41) is 1.98. The Morgan fingerprint density at radius 1 is 1.33 bits per heavy atom. The van der Waals surface area contributed by atoms with Crippen molar-refractivity contribution >= 4 is 42.7 Å². The molecule has 0 radical (unpaired) electrons. The molecule has 2 aromatic heterocycles. The fraction of sp³-hybridized carbons (Fsp3) is 0.333. The minimum atomic E-state index is -2.83. The number of fused-ring (bicyclic) bond motifs is 1. The molecule has 1 amide bonds. The Morgan fingerprint density at radius 2 is 2.10 bits per heavy atom. The van der Waals surface area contributed by atoms with Gasteiger partial charge in [0.05, 0.1) is 12.4 Å².